The van der Waals surface area contributed by atoms with E-state index in [0.717, 1.165) is 29.3 Å². The Labute approximate surface area is 144 Å². The predicted molar refractivity (Wildman–Crippen MR) is 97.0 cm³/mol. The molecule has 4 nitrogen and oxygen atoms in total. The van der Waals surface area contributed by atoms with Crippen LogP contribution in [0.2, 0.25) is 0 Å². The number of aryl methyl sites for hydroxylation is 1. The summed E-state index contributed by atoms with van der Waals surface area (Å²) in [4.78, 5) is 8.77. The molecule has 2 rings (SSSR count). The van der Waals surface area contributed by atoms with Gasteiger partial charge in [0.25, 0.3) is 0 Å². The minimum atomic E-state index is 0. The first-order chi connectivity index (χ1) is 9.60. The highest BCUT2D eigenvalue weighted by molar-refractivity contribution is 5.85. The van der Waals surface area contributed by atoms with E-state index in [0.29, 0.717) is 12.5 Å². The average molecular weight is 343 g/mol. The highest BCUT2D eigenvalue weighted by Crippen LogP contribution is 2.21. The van der Waals surface area contributed by atoms with Gasteiger partial charge in [0, 0.05) is 24.8 Å². The molecule has 0 aliphatic rings. The van der Waals surface area contributed by atoms with Crippen molar-refractivity contribution in [2.45, 2.75) is 39.8 Å². The Balaban J connectivity index is 0.00000220. The minimum absolute atomic E-state index is 0. The Morgan fingerprint density at radius 2 is 1.68 bits per heavy atom. The first-order valence-electron chi connectivity index (χ1n) is 6.95. The summed E-state index contributed by atoms with van der Waals surface area (Å²) < 4.78 is 0. The Morgan fingerprint density at radius 1 is 1.09 bits per heavy atom. The van der Waals surface area contributed by atoms with E-state index in [1.807, 2.05) is 13.1 Å². The van der Waals surface area contributed by atoms with Gasteiger partial charge in [0.15, 0.2) is 0 Å². The molecule has 1 heterocycles. The number of aromatic nitrogens is 2. The van der Waals surface area contributed by atoms with E-state index in [-0.39, 0.29) is 24.8 Å². The van der Waals surface area contributed by atoms with E-state index >= 15 is 0 Å². The van der Waals surface area contributed by atoms with Gasteiger partial charge in [-0.05, 0) is 24.0 Å². The van der Waals surface area contributed by atoms with Crippen molar-refractivity contribution in [3.8, 4) is 0 Å². The quantitative estimate of drug-likeness (QED) is 0.866. The van der Waals surface area contributed by atoms with E-state index < -0.39 is 0 Å². The van der Waals surface area contributed by atoms with E-state index in [1.165, 1.54) is 5.56 Å². The van der Waals surface area contributed by atoms with E-state index in [2.05, 4.69) is 53.4 Å². The molecule has 1 aromatic carbocycles. The number of benzene rings is 1. The molecule has 1 aromatic heterocycles. The third-order valence-corrected chi connectivity index (χ3v) is 3.28. The Kier molecular flexibility index (Phi) is 9.02. The molecular formula is C16H24Cl2N4. The number of nitrogens with zero attached hydrogens (tertiary/aromatic N) is 2. The van der Waals surface area contributed by atoms with Crippen LogP contribution >= 0.6 is 24.8 Å². The molecule has 0 saturated carbocycles. The number of hydrogen-bond donors (Lipinski definition) is 2. The standard InChI is InChI=1S/C16H22N4.2ClH/c1-11(2)15-10-18-12(3)20-16(15)19-9-14-6-4-13(8-17)5-7-14;;/h4-7,10-11H,8-9,17H2,1-3H3,(H,18,19,20);2*1H. The Hall–Kier alpha value is -1.36. The lowest BCUT2D eigenvalue weighted by molar-refractivity contribution is 0.836. The van der Waals surface area contributed by atoms with Gasteiger partial charge in [0.05, 0.1) is 0 Å². The van der Waals surface area contributed by atoms with Crippen molar-refractivity contribution in [3.05, 3.63) is 53.0 Å². The fraction of sp³-hybridized carbons (Fsp3) is 0.375. The van der Waals surface area contributed by atoms with Gasteiger partial charge in [-0.15, -0.1) is 24.8 Å². The normalized spacial score (nSPS) is 9.86. The van der Waals surface area contributed by atoms with Crippen molar-refractivity contribution < 1.29 is 0 Å². The fourth-order valence-corrected chi connectivity index (χ4v) is 2.02. The van der Waals surface area contributed by atoms with Crippen LogP contribution in [0.25, 0.3) is 0 Å². The van der Waals surface area contributed by atoms with E-state index in [4.69, 9.17) is 5.73 Å². The van der Waals surface area contributed by atoms with E-state index in [1.54, 1.807) is 0 Å². The molecule has 6 heteroatoms. The SMILES string of the molecule is Cc1ncc(C(C)C)c(NCc2ccc(CN)cc2)n1.Cl.Cl. The molecule has 0 radical (unpaired) electrons. The summed E-state index contributed by atoms with van der Waals surface area (Å²) in [6.07, 6.45) is 1.91. The second kappa shape index (κ2) is 9.62. The summed E-state index contributed by atoms with van der Waals surface area (Å²) >= 11 is 0. The molecule has 0 aliphatic heterocycles. The second-order valence-corrected chi connectivity index (χ2v) is 5.25. The molecule has 22 heavy (non-hydrogen) atoms. The predicted octanol–water partition coefficient (Wildman–Crippen LogP) is 3.82. The fourth-order valence-electron chi connectivity index (χ4n) is 2.02. The number of halogens is 2. The van der Waals surface area contributed by atoms with Crippen molar-refractivity contribution in [2.24, 2.45) is 5.73 Å². The van der Waals surface area contributed by atoms with Crippen molar-refractivity contribution in [3.63, 3.8) is 0 Å². The minimum Gasteiger partial charge on any atom is -0.366 e. The monoisotopic (exact) mass is 342 g/mol. The molecule has 3 N–H and O–H groups in total. The van der Waals surface area contributed by atoms with Crippen molar-refractivity contribution in [1.29, 1.82) is 0 Å². The van der Waals surface area contributed by atoms with Gasteiger partial charge >= 0.3 is 0 Å². The molecule has 0 aliphatic carbocycles. The lowest BCUT2D eigenvalue weighted by Crippen LogP contribution is -2.08. The van der Waals surface area contributed by atoms with Crippen LogP contribution in [0.1, 0.15) is 42.3 Å². The summed E-state index contributed by atoms with van der Waals surface area (Å²) in [7, 11) is 0. The van der Waals surface area contributed by atoms with Crippen molar-refractivity contribution in [2.75, 3.05) is 5.32 Å². The molecule has 0 fully saturated rings. The maximum Gasteiger partial charge on any atom is 0.133 e. The molecule has 122 valence electrons. The topological polar surface area (TPSA) is 63.8 Å². The van der Waals surface area contributed by atoms with Crippen LogP contribution in [0.4, 0.5) is 5.82 Å². The average Bonchev–Trinajstić information content (AvgIpc) is 2.45. The van der Waals surface area contributed by atoms with Gasteiger partial charge in [-0.25, -0.2) is 9.97 Å². The van der Waals surface area contributed by atoms with Gasteiger partial charge < -0.3 is 11.1 Å². The van der Waals surface area contributed by atoms with Gasteiger partial charge in [-0.3, -0.25) is 0 Å². The first kappa shape index (κ1) is 20.6. The zero-order chi connectivity index (χ0) is 14.5. The van der Waals surface area contributed by atoms with Crippen molar-refractivity contribution in [1.82, 2.24) is 9.97 Å². The maximum absolute atomic E-state index is 5.60. The third-order valence-electron chi connectivity index (χ3n) is 3.28. The smallest absolute Gasteiger partial charge is 0.133 e. The Bertz CT molecular complexity index is 571. The van der Waals surface area contributed by atoms with Crippen LogP contribution in [0.5, 0.6) is 0 Å². The number of nitrogens with one attached hydrogen (secondary N) is 1. The molecule has 0 bridgehead atoms. The maximum atomic E-state index is 5.60. The van der Waals surface area contributed by atoms with Gasteiger partial charge in [0.2, 0.25) is 0 Å². The van der Waals surface area contributed by atoms with Crippen molar-refractivity contribution >= 4 is 30.6 Å². The molecule has 0 spiro atoms. The summed E-state index contributed by atoms with van der Waals surface area (Å²) in [5.41, 5.74) is 9.11. The first-order valence-corrected chi connectivity index (χ1v) is 6.95. The molecule has 0 saturated heterocycles. The number of rotatable bonds is 5. The molecule has 0 unspecified atom stereocenters. The number of nitrogens with two attached hydrogens (primary N) is 1. The summed E-state index contributed by atoms with van der Waals surface area (Å²) in [5, 5.41) is 3.41. The third kappa shape index (κ3) is 5.44. The number of hydrogen-bond acceptors (Lipinski definition) is 4. The van der Waals surface area contributed by atoms with Crippen LogP contribution in [-0.4, -0.2) is 9.97 Å². The zero-order valence-electron chi connectivity index (χ0n) is 13.2. The number of anilines is 1. The summed E-state index contributed by atoms with van der Waals surface area (Å²) in [6, 6.07) is 8.31. The summed E-state index contributed by atoms with van der Waals surface area (Å²) in [5.74, 6) is 2.11. The zero-order valence-corrected chi connectivity index (χ0v) is 14.8. The molecule has 2 aromatic rings. The lowest BCUT2D eigenvalue weighted by atomic mass is 10.1. The van der Waals surface area contributed by atoms with Crippen LogP contribution in [0.3, 0.4) is 0 Å². The van der Waals surface area contributed by atoms with Crippen LogP contribution in [-0.2, 0) is 13.1 Å². The molecule has 0 amide bonds. The Morgan fingerprint density at radius 3 is 2.23 bits per heavy atom. The van der Waals surface area contributed by atoms with Crippen LogP contribution in [0.15, 0.2) is 30.5 Å². The second-order valence-electron chi connectivity index (χ2n) is 5.25. The van der Waals surface area contributed by atoms with Gasteiger partial charge in [-0.1, -0.05) is 38.1 Å². The van der Waals surface area contributed by atoms with Gasteiger partial charge in [0.1, 0.15) is 11.6 Å². The molecular weight excluding hydrogens is 319 g/mol. The molecule has 0 atom stereocenters. The van der Waals surface area contributed by atoms with E-state index in [9.17, 15) is 0 Å². The summed E-state index contributed by atoms with van der Waals surface area (Å²) in [6.45, 7) is 7.53. The van der Waals surface area contributed by atoms with Gasteiger partial charge in [-0.2, -0.15) is 0 Å². The van der Waals surface area contributed by atoms with Crippen LogP contribution in [0, 0.1) is 6.92 Å². The largest absolute Gasteiger partial charge is 0.366 e. The highest BCUT2D eigenvalue weighted by Gasteiger charge is 2.09. The highest BCUT2D eigenvalue weighted by atomic mass is 35.5. The van der Waals surface area contributed by atoms with Crippen LogP contribution < -0.4 is 11.1 Å². The lowest BCUT2D eigenvalue weighted by Gasteiger charge is -2.14.